The number of aromatic nitrogens is 2. The fourth-order valence-corrected chi connectivity index (χ4v) is 3.06. The lowest BCUT2D eigenvalue weighted by Gasteiger charge is -2.32. The van der Waals surface area contributed by atoms with Gasteiger partial charge in [0.25, 0.3) is 12.4 Å². The smallest absolute Gasteiger partial charge is 0.483 e. The van der Waals surface area contributed by atoms with Crippen LogP contribution in [0.2, 0.25) is 0 Å². The summed E-state index contributed by atoms with van der Waals surface area (Å²) in [4.78, 5) is 26.9. The van der Waals surface area contributed by atoms with Crippen molar-refractivity contribution in [3.8, 4) is 11.6 Å². The molecule has 0 atom stereocenters. The average Bonchev–Trinajstić information content (AvgIpc) is 2.99. The van der Waals surface area contributed by atoms with Gasteiger partial charge in [-0.05, 0) is 36.8 Å². The highest BCUT2D eigenvalue weighted by Gasteiger charge is 2.31. The summed E-state index contributed by atoms with van der Waals surface area (Å²) in [6.07, 6.45) is -3.74. The number of alkyl halides is 3. The van der Waals surface area contributed by atoms with Crippen LogP contribution < -0.4 is 15.4 Å². The Morgan fingerprint density at radius 1 is 1.17 bits per heavy atom. The van der Waals surface area contributed by atoms with Crippen LogP contribution in [-0.2, 0) is 4.79 Å². The van der Waals surface area contributed by atoms with Gasteiger partial charge in [0.2, 0.25) is 0 Å². The molecule has 0 aliphatic carbocycles. The number of rotatable bonds is 4. The molecule has 1 fully saturated rings. The van der Waals surface area contributed by atoms with Gasteiger partial charge in [0.1, 0.15) is 23.1 Å². The van der Waals surface area contributed by atoms with E-state index in [1.54, 1.807) is 12.1 Å². The zero-order chi connectivity index (χ0) is 21.9. The number of benzene rings is 1. The number of nitrogens with zero attached hydrogens (tertiary/aromatic N) is 3. The lowest BCUT2D eigenvalue weighted by atomic mass is 10.2. The van der Waals surface area contributed by atoms with E-state index < -0.39 is 12.3 Å². The van der Waals surface area contributed by atoms with Crippen LogP contribution in [0.25, 0.3) is 16.7 Å². The number of carbonyl (C=O) groups excluding carboxylic acids is 1. The summed E-state index contributed by atoms with van der Waals surface area (Å²) in [6, 6.07) is 10.7. The van der Waals surface area contributed by atoms with Crippen molar-refractivity contribution in [3.05, 3.63) is 48.2 Å². The second-order valence-electron chi connectivity index (χ2n) is 6.30. The van der Waals surface area contributed by atoms with Crippen molar-refractivity contribution >= 4 is 29.1 Å². The molecule has 8 nitrogen and oxygen atoms in total. The Balaban J connectivity index is 0.000000806. The van der Waals surface area contributed by atoms with Gasteiger partial charge >= 0.3 is 6.36 Å². The van der Waals surface area contributed by atoms with Crippen molar-refractivity contribution in [1.29, 1.82) is 0 Å². The van der Waals surface area contributed by atoms with E-state index in [2.05, 4.69) is 14.6 Å². The number of fused-ring (bicyclic) bond motifs is 1. The lowest BCUT2D eigenvalue weighted by Crippen LogP contribution is -2.37. The number of anilines is 1. The summed E-state index contributed by atoms with van der Waals surface area (Å²) < 4.78 is 43.1. The number of primary amides is 1. The fourth-order valence-electron chi connectivity index (χ4n) is 3.06. The minimum absolute atomic E-state index is 0.127. The second kappa shape index (κ2) is 8.31. The van der Waals surface area contributed by atoms with E-state index in [-0.39, 0.29) is 17.9 Å². The lowest BCUT2D eigenvalue weighted by molar-refractivity contribution is -0.274. The first-order chi connectivity index (χ1) is 14.2. The highest BCUT2D eigenvalue weighted by Crippen LogP contribution is 2.31. The second-order valence-corrected chi connectivity index (χ2v) is 6.30. The van der Waals surface area contributed by atoms with Gasteiger partial charge in [-0.15, -0.1) is 13.2 Å². The Kier molecular flexibility index (Phi) is 5.81. The van der Waals surface area contributed by atoms with Crippen LogP contribution in [0.4, 0.5) is 19.0 Å². The minimum atomic E-state index is -4.81. The number of carboxylic acid groups (broad SMARTS) is 1. The standard InChI is InChI=1S/C18H15F3N4O2.CH2O2/c19-18(20,21)27-12-6-5-11-9-14(17(22)26)25(13(11)10-12)16-4-1-3-15(23-16)24-7-2-8-24;2-1-3/h1,3-6,9-10H,2,7-8H2,(H2,22,26);1H,(H,2,3). The van der Waals surface area contributed by atoms with Crippen LogP contribution in [-0.4, -0.2) is 46.5 Å². The average molecular weight is 422 g/mol. The number of carbonyl (C=O) groups is 2. The number of pyridine rings is 1. The predicted molar refractivity (Wildman–Crippen MR) is 102 cm³/mol. The Bertz CT molecular complexity index is 1080. The van der Waals surface area contributed by atoms with Gasteiger partial charge in [-0.2, -0.15) is 0 Å². The summed E-state index contributed by atoms with van der Waals surface area (Å²) >= 11 is 0. The molecular formula is C19H17F3N4O4. The van der Waals surface area contributed by atoms with Crippen LogP contribution in [0.1, 0.15) is 16.9 Å². The molecule has 158 valence electrons. The normalized spacial score (nSPS) is 13.2. The van der Waals surface area contributed by atoms with Gasteiger partial charge in [-0.1, -0.05) is 6.07 Å². The van der Waals surface area contributed by atoms with Crippen molar-refractivity contribution < 1.29 is 32.6 Å². The molecule has 3 aromatic rings. The number of hydrogen-bond donors (Lipinski definition) is 2. The molecule has 3 heterocycles. The quantitative estimate of drug-likeness (QED) is 0.626. The molecule has 2 aromatic heterocycles. The number of nitrogens with two attached hydrogens (primary N) is 1. The topological polar surface area (TPSA) is 111 Å². The zero-order valence-corrected chi connectivity index (χ0v) is 15.5. The van der Waals surface area contributed by atoms with Gasteiger partial charge in [0, 0.05) is 24.5 Å². The predicted octanol–water partition coefficient (Wildman–Crippen LogP) is 2.93. The fraction of sp³-hybridized carbons (Fsp3) is 0.211. The van der Waals surface area contributed by atoms with E-state index in [4.69, 9.17) is 15.6 Å². The van der Waals surface area contributed by atoms with Gasteiger partial charge < -0.3 is 20.5 Å². The summed E-state index contributed by atoms with van der Waals surface area (Å²) in [6.45, 7) is 1.52. The number of amides is 1. The first-order valence-electron chi connectivity index (χ1n) is 8.75. The van der Waals surface area contributed by atoms with E-state index in [1.165, 1.54) is 28.8 Å². The molecule has 0 radical (unpaired) electrons. The number of ether oxygens (including phenoxy) is 1. The molecule has 1 aliphatic rings. The SMILES string of the molecule is NC(=O)c1cc2ccc(OC(F)(F)F)cc2n1-c1cccc(N2CCC2)n1.O=CO. The van der Waals surface area contributed by atoms with Crippen LogP contribution in [0.5, 0.6) is 5.75 Å². The summed E-state index contributed by atoms with van der Waals surface area (Å²) in [5.41, 5.74) is 5.95. The van der Waals surface area contributed by atoms with Gasteiger partial charge in [0.05, 0.1) is 5.52 Å². The Morgan fingerprint density at radius 3 is 2.40 bits per heavy atom. The molecule has 0 bridgehead atoms. The third-order valence-corrected chi connectivity index (χ3v) is 4.39. The van der Waals surface area contributed by atoms with E-state index in [0.29, 0.717) is 16.7 Å². The first-order valence-corrected chi connectivity index (χ1v) is 8.75. The third-order valence-electron chi connectivity index (χ3n) is 4.39. The highest BCUT2D eigenvalue weighted by atomic mass is 19.4. The molecule has 3 N–H and O–H groups in total. The van der Waals surface area contributed by atoms with E-state index >= 15 is 0 Å². The van der Waals surface area contributed by atoms with E-state index in [0.717, 1.165) is 25.3 Å². The molecule has 1 aromatic carbocycles. The van der Waals surface area contributed by atoms with Crippen molar-refractivity contribution in [3.63, 3.8) is 0 Å². The molecule has 4 rings (SSSR count). The molecule has 11 heteroatoms. The van der Waals surface area contributed by atoms with E-state index in [1.807, 2.05) is 6.07 Å². The largest absolute Gasteiger partial charge is 0.573 e. The molecule has 30 heavy (non-hydrogen) atoms. The first kappa shape index (κ1) is 21.0. The van der Waals surface area contributed by atoms with Crippen LogP contribution >= 0.6 is 0 Å². The maximum atomic E-state index is 12.6. The number of halogens is 3. The van der Waals surface area contributed by atoms with Crippen molar-refractivity contribution in [1.82, 2.24) is 9.55 Å². The summed E-state index contributed by atoms with van der Waals surface area (Å²) in [7, 11) is 0. The van der Waals surface area contributed by atoms with Crippen molar-refractivity contribution in [2.24, 2.45) is 5.73 Å². The summed E-state index contributed by atoms with van der Waals surface area (Å²) in [5.74, 6) is 0.0380. The maximum absolute atomic E-state index is 12.6. The van der Waals surface area contributed by atoms with Crippen molar-refractivity contribution in [2.75, 3.05) is 18.0 Å². The molecule has 1 aliphatic heterocycles. The Morgan fingerprint density at radius 2 is 1.83 bits per heavy atom. The monoisotopic (exact) mass is 422 g/mol. The van der Waals surface area contributed by atoms with Crippen LogP contribution in [0.3, 0.4) is 0 Å². The maximum Gasteiger partial charge on any atom is 0.573 e. The van der Waals surface area contributed by atoms with Gasteiger partial charge in [0.15, 0.2) is 0 Å². The molecule has 1 amide bonds. The molecule has 0 spiro atoms. The van der Waals surface area contributed by atoms with E-state index in [9.17, 15) is 18.0 Å². The Labute approximate surface area is 168 Å². The van der Waals surface area contributed by atoms with Gasteiger partial charge in [-0.25, -0.2) is 4.98 Å². The molecule has 0 saturated carbocycles. The zero-order valence-electron chi connectivity index (χ0n) is 15.5. The third kappa shape index (κ3) is 4.45. The molecule has 0 unspecified atom stereocenters. The van der Waals surface area contributed by atoms with Gasteiger partial charge in [-0.3, -0.25) is 14.2 Å². The summed E-state index contributed by atoms with van der Waals surface area (Å²) in [5, 5.41) is 7.44. The number of hydrogen-bond acceptors (Lipinski definition) is 5. The molecule has 1 saturated heterocycles. The minimum Gasteiger partial charge on any atom is -0.483 e. The Hall–Kier alpha value is -3.76. The highest BCUT2D eigenvalue weighted by molar-refractivity contribution is 5.99. The van der Waals surface area contributed by atoms with Crippen molar-refractivity contribution in [2.45, 2.75) is 12.8 Å². The van der Waals surface area contributed by atoms with Crippen LogP contribution in [0.15, 0.2) is 42.5 Å². The van der Waals surface area contributed by atoms with Crippen LogP contribution in [0, 0.1) is 0 Å². The molecular weight excluding hydrogens is 405 g/mol.